The highest BCUT2D eigenvalue weighted by Crippen LogP contribution is 2.58. The molecule has 2 amide bonds. The van der Waals surface area contributed by atoms with E-state index in [4.69, 9.17) is 9.47 Å². The van der Waals surface area contributed by atoms with Gasteiger partial charge in [-0.15, -0.1) is 23.5 Å². The number of rotatable bonds is 13. The molecule has 5 aliphatic rings. The quantitative estimate of drug-likeness (QED) is 0.0636. The van der Waals surface area contributed by atoms with Gasteiger partial charge in [-0.25, -0.2) is 14.8 Å². The average molecular weight is 1160 g/mol. The van der Waals surface area contributed by atoms with E-state index in [0.717, 1.165) is 112 Å². The van der Waals surface area contributed by atoms with E-state index in [1.807, 2.05) is 58.8 Å². The number of nitrogens with one attached hydrogen (secondary N) is 2. The van der Waals surface area contributed by atoms with E-state index in [1.165, 1.54) is 51.2 Å². The first kappa shape index (κ1) is 52.2. The second-order valence-electron chi connectivity index (χ2n) is 22.1. The lowest BCUT2D eigenvalue weighted by molar-refractivity contribution is -0.202. The van der Waals surface area contributed by atoms with Crippen molar-refractivity contribution in [1.29, 1.82) is 0 Å². The lowest BCUT2D eigenvalue weighted by atomic mass is 9.88. The number of aromatic nitrogens is 5. The molecule has 17 heteroatoms. The van der Waals surface area contributed by atoms with Gasteiger partial charge in [-0.2, -0.15) is 11.8 Å². The normalized spacial score (nSPS) is 18.9. The summed E-state index contributed by atoms with van der Waals surface area (Å²) in [5.74, 6) is 2.63. The Labute approximate surface area is 489 Å². The topological polar surface area (TPSA) is 175 Å². The Morgan fingerprint density at radius 3 is 1.98 bits per heavy atom. The van der Waals surface area contributed by atoms with E-state index < -0.39 is 23.5 Å². The molecule has 6 aromatic carbocycles. The fourth-order valence-corrected chi connectivity index (χ4v) is 16.3. The summed E-state index contributed by atoms with van der Waals surface area (Å²) in [5, 5.41) is 36.2. The fraction of sp³-hybridized carbons (Fsp3) is 0.258. The molecule has 416 valence electrons. The molecule has 5 aromatic heterocycles. The van der Waals surface area contributed by atoms with E-state index >= 15 is 0 Å². The largest absolute Gasteiger partial charge is 0.467 e. The van der Waals surface area contributed by atoms with Gasteiger partial charge < -0.3 is 44.0 Å². The van der Waals surface area contributed by atoms with Crippen LogP contribution in [0.5, 0.6) is 0 Å². The minimum Gasteiger partial charge on any atom is -0.467 e. The van der Waals surface area contributed by atoms with Crippen molar-refractivity contribution in [2.75, 3.05) is 19.5 Å². The van der Waals surface area contributed by atoms with E-state index in [9.17, 15) is 24.6 Å². The van der Waals surface area contributed by atoms with Crippen LogP contribution in [0.3, 0.4) is 0 Å². The number of fused-ring (bicyclic) bond motifs is 23. The third-order valence-corrected chi connectivity index (χ3v) is 20.6. The highest BCUT2D eigenvalue weighted by Gasteiger charge is 2.66. The van der Waals surface area contributed by atoms with Gasteiger partial charge in [0.1, 0.15) is 6.23 Å². The number of aliphatic hydroxyl groups excluding tert-OH is 1. The third kappa shape index (κ3) is 7.80. The number of carbonyl (C=O) groups excluding carboxylic acids is 3. The molecule has 9 heterocycles. The molecule has 0 radical (unpaired) electrons. The Kier molecular flexibility index (Phi) is 12.6. The lowest BCUT2D eigenvalue weighted by Crippen LogP contribution is -2.56. The molecule has 3 unspecified atom stereocenters. The summed E-state index contributed by atoms with van der Waals surface area (Å²) in [5.41, 5.74) is 14.1. The maximum absolute atomic E-state index is 13.9. The van der Waals surface area contributed by atoms with Crippen LogP contribution in [0.15, 0.2) is 138 Å². The van der Waals surface area contributed by atoms with Crippen molar-refractivity contribution in [3.8, 4) is 11.1 Å². The number of amides is 2. The molecule has 14 nitrogen and oxygen atoms in total. The van der Waals surface area contributed by atoms with Crippen LogP contribution in [0.2, 0.25) is 0 Å². The van der Waals surface area contributed by atoms with Crippen LogP contribution in [0.4, 0.5) is 0 Å². The molecule has 83 heavy (non-hydrogen) atoms. The maximum atomic E-state index is 13.9. The zero-order valence-electron chi connectivity index (χ0n) is 45.9. The molecule has 4 aliphatic heterocycles. The number of methoxy groups -OCH3 is 1. The number of esters is 1. The summed E-state index contributed by atoms with van der Waals surface area (Å²) in [4.78, 5) is 49.5. The SMILES string of the molecule is CCSCc1ccc2c(c1)c1c3c(c4c(c1n2CCCO)Cc1ccccc1-4)C(=O)NC3.COC(=O)C1(O)CC2OC1(C)n1c3ccc(CSc4ccccn4)cc3c3c4c(c5c6cc(CSc7ccccn7)ccc6n2c5c31)C(=O)NC4. The number of aryl methyl sites for hydroxylation is 1. The van der Waals surface area contributed by atoms with Crippen LogP contribution >= 0.6 is 35.3 Å². The van der Waals surface area contributed by atoms with E-state index in [-0.39, 0.29) is 24.8 Å². The molecule has 2 bridgehead atoms. The molecular weight excluding hydrogens is 1100 g/mol. The number of aliphatic hydroxyl groups is 2. The summed E-state index contributed by atoms with van der Waals surface area (Å²) in [6, 6.07) is 39.6. The first-order valence-corrected chi connectivity index (χ1v) is 31.3. The van der Waals surface area contributed by atoms with Crippen molar-refractivity contribution in [2.24, 2.45) is 0 Å². The van der Waals surface area contributed by atoms with Gasteiger partial charge in [-0.1, -0.05) is 61.5 Å². The highest BCUT2D eigenvalue weighted by molar-refractivity contribution is 7.98. The van der Waals surface area contributed by atoms with Gasteiger partial charge in [0.15, 0.2) is 5.72 Å². The van der Waals surface area contributed by atoms with Crippen LogP contribution < -0.4 is 10.6 Å². The lowest BCUT2D eigenvalue weighted by Gasteiger charge is -2.37. The van der Waals surface area contributed by atoms with Gasteiger partial charge in [0.25, 0.3) is 11.8 Å². The van der Waals surface area contributed by atoms with Crippen molar-refractivity contribution in [1.82, 2.24) is 34.3 Å². The molecule has 1 fully saturated rings. The number of hydrogen-bond acceptors (Lipinski definition) is 12. The summed E-state index contributed by atoms with van der Waals surface area (Å²) in [6.07, 6.45) is 4.38. The predicted octanol–water partition coefficient (Wildman–Crippen LogP) is 12.3. The van der Waals surface area contributed by atoms with Crippen molar-refractivity contribution in [2.45, 2.75) is 97.6 Å². The summed E-state index contributed by atoms with van der Waals surface area (Å²) in [7, 11) is 1.29. The van der Waals surface area contributed by atoms with E-state index in [0.29, 0.717) is 36.6 Å². The van der Waals surface area contributed by atoms with E-state index in [1.54, 1.807) is 42.8 Å². The van der Waals surface area contributed by atoms with Crippen molar-refractivity contribution in [3.63, 3.8) is 0 Å². The van der Waals surface area contributed by atoms with Crippen LogP contribution in [-0.4, -0.2) is 76.7 Å². The Hall–Kier alpha value is -7.64. The zero-order chi connectivity index (χ0) is 56.5. The third-order valence-electron chi connectivity index (χ3n) is 17.6. The Morgan fingerprint density at radius 1 is 0.711 bits per heavy atom. The molecule has 1 saturated heterocycles. The molecular formula is C66H57N7O7S3. The van der Waals surface area contributed by atoms with E-state index in [2.05, 4.69) is 109 Å². The van der Waals surface area contributed by atoms with Crippen LogP contribution in [0.1, 0.15) is 92.6 Å². The Bertz CT molecular complexity index is 4580. The number of hydrogen-bond donors (Lipinski definition) is 4. The smallest absolute Gasteiger partial charge is 0.343 e. The van der Waals surface area contributed by atoms with Gasteiger partial charge in [0.2, 0.25) is 5.60 Å². The summed E-state index contributed by atoms with van der Waals surface area (Å²) >= 11 is 5.22. The second kappa shape index (κ2) is 20.0. The Balaban J connectivity index is 0.000000158. The minimum absolute atomic E-state index is 0.0327. The standard InChI is InChI=1S/C39H31N5O5S2.C27H26N2O2S/c1-38-39(47,37(46)48-2)17-30(49-38)43-26-11-9-21(19-50-28-7-3-5-13-40-28)15-23(26)32-33-25(18-42-36(33)45)31-24-16-22(20-51-29-8-4-6-14-41-29)10-12-27(24)44(38)35(31)34(32)43;1-2-32-15-16-8-9-22-19(12-16)24-21-14-28-27(31)25(21)23-18-7-4-3-6-17(18)13-20(23)26(24)29(22)10-5-11-30/h3-16,30,47H,17-20H2,1-2H3,(H,42,45);3-4,6-9,12,30H,2,5,10-11,13-15H2,1H3,(H,28,31). The van der Waals surface area contributed by atoms with Crippen molar-refractivity contribution in [3.05, 3.63) is 178 Å². The number of carbonyl (C=O) groups is 3. The number of pyridine rings is 2. The molecule has 0 spiro atoms. The molecule has 11 aromatic rings. The highest BCUT2D eigenvalue weighted by atomic mass is 32.2. The Morgan fingerprint density at radius 2 is 1.31 bits per heavy atom. The predicted molar refractivity (Wildman–Crippen MR) is 329 cm³/mol. The van der Waals surface area contributed by atoms with Crippen molar-refractivity contribution >= 4 is 118 Å². The first-order chi connectivity index (χ1) is 40.5. The fourth-order valence-electron chi connectivity index (χ4n) is 14.0. The molecule has 4 N–H and O–H groups in total. The molecule has 0 saturated carbocycles. The first-order valence-electron chi connectivity index (χ1n) is 28.1. The van der Waals surface area contributed by atoms with Crippen LogP contribution in [0.25, 0.3) is 76.5 Å². The molecule has 16 rings (SSSR count). The maximum Gasteiger partial charge on any atom is 0.343 e. The number of thioether (sulfide) groups is 3. The van der Waals surface area contributed by atoms with Gasteiger partial charge >= 0.3 is 5.97 Å². The van der Waals surface area contributed by atoms with Crippen LogP contribution in [0, 0.1) is 0 Å². The number of nitrogens with zero attached hydrogens (tertiary/aromatic N) is 5. The van der Waals surface area contributed by atoms with Gasteiger partial charge in [0, 0.05) is 112 Å². The number of ether oxygens (including phenoxy) is 2. The van der Waals surface area contributed by atoms with Gasteiger partial charge in [0.05, 0.1) is 55.9 Å². The number of benzene rings is 6. The minimum atomic E-state index is -2.01. The average Bonchev–Trinajstić information content (AvgIpc) is 1.93. The summed E-state index contributed by atoms with van der Waals surface area (Å²) in [6.45, 7) is 5.83. The van der Waals surface area contributed by atoms with Gasteiger partial charge in [-0.05, 0) is 124 Å². The molecule has 3 atom stereocenters. The molecule has 1 aliphatic carbocycles. The van der Waals surface area contributed by atoms with Gasteiger partial charge in [-0.3, -0.25) is 9.59 Å². The second-order valence-corrected chi connectivity index (χ2v) is 25.3. The van der Waals surface area contributed by atoms with Crippen LogP contribution in [-0.2, 0) is 63.3 Å². The summed E-state index contributed by atoms with van der Waals surface area (Å²) < 4.78 is 18.7. The monoisotopic (exact) mass is 1160 g/mol. The zero-order valence-corrected chi connectivity index (χ0v) is 48.3. The van der Waals surface area contributed by atoms with Crippen molar-refractivity contribution < 1.29 is 34.1 Å².